The predicted octanol–water partition coefficient (Wildman–Crippen LogP) is 5.47. The highest BCUT2D eigenvalue weighted by molar-refractivity contribution is 7.17. The Morgan fingerprint density at radius 3 is 3.11 bits per heavy atom. The maximum absolute atomic E-state index is 13.4. The van der Waals surface area contributed by atoms with Gasteiger partial charge in [0.2, 0.25) is 0 Å². The zero-order chi connectivity index (χ0) is 25.6. The molecule has 0 radical (unpaired) electrons. The smallest absolute Gasteiger partial charge is 0.317 e. The van der Waals surface area contributed by atoms with Gasteiger partial charge >= 0.3 is 6.03 Å². The van der Waals surface area contributed by atoms with Crippen LogP contribution in [0.5, 0.6) is 0 Å². The van der Waals surface area contributed by atoms with Crippen LogP contribution in [0.1, 0.15) is 35.6 Å². The number of oxazole rings is 1. The van der Waals surface area contributed by atoms with Crippen LogP contribution in [0.15, 0.2) is 52.3 Å². The van der Waals surface area contributed by atoms with Gasteiger partial charge in [0.15, 0.2) is 11.5 Å². The van der Waals surface area contributed by atoms with Crippen molar-refractivity contribution < 1.29 is 9.21 Å². The summed E-state index contributed by atoms with van der Waals surface area (Å²) < 4.78 is 7.07. The van der Waals surface area contributed by atoms with Crippen LogP contribution in [0, 0.1) is 6.92 Å². The molecule has 194 valence electrons. The maximum atomic E-state index is 13.4. The number of aryl methyl sites for hydroxylation is 1. The fraction of sp³-hybridized carbons (Fsp3) is 0.345. The van der Waals surface area contributed by atoms with E-state index in [0.717, 1.165) is 72.5 Å². The Bertz CT molecular complexity index is 1630. The van der Waals surface area contributed by atoms with Gasteiger partial charge in [-0.05, 0) is 53.9 Å². The normalized spacial score (nSPS) is 18.2. The molecule has 0 bridgehead atoms. The van der Waals surface area contributed by atoms with Crippen molar-refractivity contribution in [2.24, 2.45) is 0 Å². The van der Waals surface area contributed by atoms with Gasteiger partial charge in [0.1, 0.15) is 5.52 Å². The van der Waals surface area contributed by atoms with Crippen LogP contribution in [-0.2, 0) is 19.5 Å². The second kappa shape index (κ2) is 9.56. The molecule has 7 rings (SSSR count). The molecular formula is C29H30N6O2S. The summed E-state index contributed by atoms with van der Waals surface area (Å²) >= 11 is 1.81. The highest BCUT2D eigenvalue weighted by Crippen LogP contribution is 2.31. The molecule has 2 aliphatic rings. The lowest BCUT2D eigenvalue weighted by molar-refractivity contribution is 0.160. The van der Waals surface area contributed by atoms with Crippen molar-refractivity contribution in [2.45, 2.75) is 45.3 Å². The summed E-state index contributed by atoms with van der Waals surface area (Å²) in [7, 11) is 0. The Balaban J connectivity index is 1.02. The van der Waals surface area contributed by atoms with E-state index in [-0.39, 0.29) is 12.1 Å². The number of amides is 2. The summed E-state index contributed by atoms with van der Waals surface area (Å²) in [6.45, 7) is 5.94. The third-order valence-electron chi connectivity index (χ3n) is 7.78. The van der Waals surface area contributed by atoms with Crippen LogP contribution in [0.2, 0.25) is 0 Å². The van der Waals surface area contributed by atoms with Crippen LogP contribution >= 0.6 is 11.3 Å². The van der Waals surface area contributed by atoms with E-state index >= 15 is 0 Å². The molecular weight excluding hydrogens is 496 g/mol. The highest BCUT2D eigenvalue weighted by Gasteiger charge is 2.29. The lowest BCUT2D eigenvalue weighted by Gasteiger charge is -2.35. The number of fused-ring (bicyclic) bond motifs is 3. The summed E-state index contributed by atoms with van der Waals surface area (Å²) in [5.74, 6) is 0.647. The van der Waals surface area contributed by atoms with Crippen molar-refractivity contribution in [3.8, 4) is 11.3 Å². The lowest BCUT2D eigenvalue weighted by atomic mass is 10.0. The zero-order valence-electron chi connectivity index (χ0n) is 21.4. The number of hydrogen-bond donors (Lipinski definition) is 2. The van der Waals surface area contributed by atoms with Crippen molar-refractivity contribution in [1.29, 1.82) is 0 Å². The fourth-order valence-electron chi connectivity index (χ4n) is 5.87. The molecule has 8 nitrogen and oxygen atoms in total. The van der Waals surface area contributed by atoms with Crippen molar-refractivity contribution in [1.82, 2.24) is 30.3 Å². The quantitative estimate of drug-likeness (QED) is 0.324. The number of carbonyl (C=O) groups excluding carboxylic acids is 1. The van der Waals surface area contributed by atoms with Gasteiger partial charge in [-0.15, -0.1) is 11.3 Å². The first-order chi connectivity index (χ1) is 18.6. The minimum absolute atomic E-state index is 0.0111. The van der Waals surface area contributed by atoms with Gasteiger partial charge in [-0.1, -0.05) is 24.3 Å². The van der Waals surface area contributed by atoms with Gasteiger partial charge < -0.3 is 14.6 Å². The third kappa shape index (κ3) is 4.35. The third-order valence-corrected chi connectivity index (χ3v) is 8.79. The number of H-pyrrole nitrogens is 1. The van der Waals surface area contributed by atoms with E-state index in [1.165, 1.54) is 15.6 Å². The average molecular weight is 527 g/mol. The van der Waals surface area contributed by atoms with Gasteiger partial charge in [-0.2, -0.15) is 5.10 Å². The molecule has 2 amide bonds. The van der Waals surface area contributed by atoms with E-state index in [1.54, 1.807) is 0 Å². The lowest BCUT2D eigenvalue weighted by Crippen LogP contribution is -2.52. The molecule has 38 heavy (non-hydrogen) atoms. The molecule has 2 aliphatic heterocycles. The molecule has 1 fully saturated rings. The second-order valence-corrected chi connectivity index (χ2v) is 11.3. The van der Waals surface area contributed by atoms with Crippen LogP contribution in [-0.4, -0.2) is 56.7 Å². The number of piperidine rings is 1. The molecule has 0 spiro atoms. The minimum atomic E-state index is 0.0111. The molecule has 1 saturated heterocycles. The van der Waals surface area contributed by atoms with E-state index < -0.39 is 0 Å². The van der Waals surface area contributed by atoms with E-state index in [1.807, 2.05) is 41.4 Å². The molecule has 0 unspecified atom stereocenters. The molecule has 0 saturated carbocycles. The highest BCUT2D eigenvalue weighted by atomic mass is 32.1. The summed E-state index contributed by atoms with van der Waals surface area (Å²) in [6, 6.07) is 14.7. The number of aromatic amines is 1. The monoisotopic (exact) mass is 526 g/mol. The molecule has 5 aromatic rings. The Hall–Kier alpha value is -3.69. The van der Waals surface area contributed by atoms with Gasteiger partial charge in [0, 0.05) is 60.5 Å². The van der Waals surface area contributed by atoms with Crippen LogP contribution in [0.4, 0.5) is 4.79 Å². The first-order valence-electron chi connectivity index (χ1n) is 13.3. The predicted molar refractivity (Wildman–Crippen MR) is 149 cm³/mol. The van der Waals surface area contributed by atoms with Crippen LogP contribution in [0.25, 0.3) is 32.4 Å². The van der Waals surface area contributed by atoms with Crippen molar-refractivity contribution in [3.05, 3.63) is 70.6 Å². The number of nitrogens with zero attached hydrogens (tertiary/aromatic N) is 4. The number of hydrogen-bond acceptors (Lipinski definition) is 6. The SMILES string of the molecule is Cc1nc2ccc(-c3n[nH]c4c3CN(C(=O)N[C@@H]3CCCN(Cc5csc6ccccc56)C3)CC4)cc2o1. The number of nitrogens with one attached hydrogen (secondary N) is 2. The topological polar surface area (TPSA) is 90.3 Å². The van der Waals surface area contributed by atoms with Crippen molar-refractivity contribution in [2.75, 3.05) is 19.6 Å². The van der Waals surface area contributed by atoms with E-state index in [9.17, 15) is 4.79 Å². The Labute approximate surface area is 224 Å². The average Bonchev–Trinajstić information content (AvgIpc) is 3.64. The Morgan fingerprint density at radius 1 is 1.24 bits per heavy atom. The number of aromatic nitrogens is 3. The molecule has 1 atom stereocenters. The summed E-state index contributed by atoms with van der Waals surface area (Å²) in [5.41, 5.74) is 7.00. The number of likely N-dealkylation sites (tertiary alicyclic amines) is 1. The number of benzene rings is 2. The fourth-order valence-corrected chi connectivity index (χ4v) is 6.83. The molecule has 5 heterocycles. The largest absolute Gasteiger partial charge is 0.441 e. The second-order valence-electron chi connectivity index (χ2n) is 10.4. The number of rotatable bonds is 4. The first-order valence-corrected chi connectivity index (χ1v) is 14.2. The summed E-state index contributed by atoms with van der Waals surface area (Å²) in [5, 5.41) is 14.8. The number of thiophene rings is 1. The number of urea groups is 1. The van der Waals surface area contributed by atoms with Crippen molar-refractivity contribution >= 4 is 38.6 Å². The standard InChI is InChI=1S/C29H30N6O2S/c1-18-30-25-9-8-19(13-26(25)37-18)28-23-16-35(12-10-24(23)32-33-28)29(36)31-21-5-4-11-34(15-21)14-20-17-38-27-7-3-2-6-22(20)27/h2-3,6-9,13,17,21H,4-5,10-12,14-16H2,1H3,(H,31,36)(H,32,33)/t21-/m1/s1. The van der Waals surface area contributed by atoms with Gasteiger partial charge in [-0.3, -0.25) is 10.00 Å². The van der Waals surface area contributed by atoms with Crippen molar-refractivity contribution in [3.63, 3.8) is 0 Å². The van der Waals surface area contributed by atoms with Gasteiger partial charge in [0.25, 0.3) is 0 Å². The summed E-state index contributed by atoms with van der Waals surface area (Å²) in [6.07, 6.45) is 2.87. The molecule has 0 aliphatic carbocycles. The van der Waals surface area contributed by atoms with Crippen LogP contribution in [0.3, 0.4) is 0 Å². The molecule has 9 heteroatoms. The van der Waals surface area contributed by atoms with Gasteiger partial charge in [-0.25, -0.2) is 9.78 Å². The van der Waals surface area contributed by atoms with E-state index in [2.05, 4.69) is 55.0 Å². The van der Waals surface area contributed by atoms with Gasteiger partial charge in [0.05, 0.1) is 12.2 Å². The first kappa shape index (κ1) is 23.4. The van der Waals surface area contributed by atoms with E-state index in [0.29, 0.717) is 19.0 Å². The van der Waals surface area contributed by atoms with Crippen LogP contribution < -0.4 is 5.32 Å². The number of carbonyl (C=O) groups is 1. The Morgan fingerprint density at radius 2 is 2.16 bits per heavy atom. The summed E-state index contributed by atoms with van der Waals surface area (Å²) in [4.78, 5) is 22.2. The van der Waals surface area contributed by atoms with E-state index in [4.69, 9.17) is 4.42 Å². The molecule has 3 aromatic heterocycles. The Kier molecular flexibility index (Phi) is 5.89. The maximum Gasteiger partial charge on any atom is 0.317 e. The molecule has 2 aromatic carbocycles. The minimum Gasteiger partial charge on any atom is -0.441 e. The zero-order valence-corrected chi connectivity index (χ0v) is 22.2. The molecule has 2 N–H and O–H groups in total.